The highest BCUT2D eigenvalue weighted by Gasteiger charge is 2.34. The number of carboxylic acids is 1. The molecule has 0 saturated carbocycles. The van der Waals surface area contributed by atoms with Crippen LogP contribution in [0.15, 0.2) is 18.2 Å². The highest BCUT2D eigenvalue weighted by Crippen LogP contribution is 2.43. The van der Waals surface area contributed by atoms with Gasteiger partial charge in [0.1, 0.15) is 18.2 Å². The predicted octanol–water partition coefficient (Wildman–Crippen LogP) is 4.62. The normalized spacial score (nSPS) is 14.6. The molecule has 2 aliphatic heterocycles. The Balaban J connectivity index is 1.65. The number of ether oxygens (including phenoxy) is 3. The number of carbonyl (C=O) groups is 2. The number of carbonyl (C=O) groups excluding carboxylic acids is 1. The molecule has 0 radical (unpaired) electrons. The second-order valence-corrected chi connectivity index (χ2v) is 10.6. The van der Waals surface area contributed by atoms with Crippen LogP contribution in [0.3, 0.4) is 0 Å². The average Bonchev–Trinajstić information content (AvgIpc) is 3.18. The predicted molar refractivity (Wildman–Crippen MR) is 145 cm³/mol. The molecule has 2 heterocycles. The number of nitrogens with one attached hydrogen (secondary N) is 1. The van der Waals surface area contributed by atoms with Crippen molar-refractivity contribution in [3.8, 4) is 17.2 Å². The Morgan fingerprint density at radius 2 is 1.85 bits per heavy atom. The highest BCUT2D eigenvalue weighted by molar-refractivity contribution is 6.06. The van der Waals surface area contributed by atoms with Crippen molar-refractivity contribution in [1.82, 2.24) is 4.90 Å². The molecule has 0 unspecified atom stereocenters. The van der Waals surface area contributed by atoms with E-state index in [0.29, 0.717) is 48.9 Å². The molecule has 2 aromatic rings. The molecule has 0 fully saturated rings. The first-order valence-corrected chi connectivity index (χ1v) is 13.2. The molecule has 10 heteroatoms. The first-order chi connectivity index (χ1) is 18.5. The Hall–Kier alpha value is -3.82. The first-order valence-electron chi connectivity index (χ1n) is 13.2. The number of halogens is 1. The van der Waals surface area contributed by atoms with Gasteiger partial charge in [0.15, 0.2) is 23.1 Å². The third-order valence-electron chi connectivity index (χ3n) is 6.85. The van der Waals surface area contributed by atoms with Crippen LogP contribution in [0, 0.1) is 11.2 Å². The van der Waals surface area contributed by atoms with Gasteiger partial charge >= 0.3 is 5.97 Å². The molecule has 0 spiro atoms. The fraction of sp³-hybridized carbons (Fsp3) is 0.483. The number of fused-ring (bicyclic) bond motifs is 2. The van der Waals surface area contributed by atoms with E-state index < -0.39 is 11.8 Å². The summed E-state index contributed by atoms with van der Waals surface area (Å²) in [6.07, 6.45) is -0.0370. The Morgan fingerprint density at radius 3 is 2.49 bits per heavy atom. The topological polar surface area (TPSA) is 112 Å². The van der Waals surface area contributed by atoms with Crippen LogP contribution in [0.4, 0.5) is 10.1 Å². The van der Waals surface area contributed by atoms with Gasteiger partial charge in [-0.15, -0.1) is 0 Å². The lowest BCUT2D eigenvalue weighted by Gasteiger charge is -2.35. The van der Waals surface area contributed by atoms with E-state index in [2.05, 4.69) is 0 Å². The van der Waals surface area contributed by atoms with Crippen LogP contribution in [0.1, 0.15) is 68.1 Å². The Morgan fingerprint density at radius 1 is 1.13 bits per heavy atom. The molecule has 0 bridgehead atoms. The van der Waals surface area contributed by atoms with Crippen LogP contribution in [-0.4, -0.2) is 67.0 Å². The minimum absolute atomic E-state index is 0.0259. The largest absolute Gasteiger partial charge is 0.490 e. The lowest BCUT2D eigenvalue weighted by molar-refractivity contribution is -0.136. The SMILES string of the molecule is CCOc1cc2c(c(F)c1OCC)C(=N)N(CC(=O)c1cc3c(c(C(C)(C)C)c1)OCCN3CCC(=O)O)C2. The lowest BCUT2D eigenvalue weighted by atomic mass is 9.84. The molecule has 0 saturated heterocycles. The van der Waals surface area contributed by atoms with Crippen LogP contribution in [0.5, 0.6) is 17.2 Å². The van der Waals surface area contributed by atoms with Crippen molar-refractivity contribution < 1.29 is 33.3 Å². The summed E-state index contributed by atoms with van der Waals surface area (Å²) >= 11 is 0. The summed E-state index contributed by atoms with van der Waals surface area (Å²) in [5, 5.41) is 17.9. The summed E-state index contributed by atoms with van der Waals surface area (Å²) in [5.74, 6) is -0.964. The van der Waals surface area contributed by atoms with Crippen LogP contribution >= 0.6 is 0 Å². The van der Waals surface area contributed by atoms with Gasteiger partial charge < -0.3 is 29.1 Å². The van der Waals surface area contributed by atoms with Gasteiger partial charge in [0.2, 0.25) is 0 Å². The second-order valence-electron chi connectivity index (χ2n) is 10.6. The van der Waals surface area contributed by atoms with Gasteiger partial charge in [-0.05, 0) is 43.0 Å². The fourth-order valence-electron chi connectivity index (χ4n) is 4.98. The molecule has 0 amide bonds. The third-order valence-corrected chi connectivity index (χ3v) is 6.85. The number of rotatable bonds is 10. The number of Topliss-reactive ketones (excluding diaryl/α,β-unsaturated/α-hetero) is 1. The van der Waals surface area contributed by atoms with Crippen molar-refractivity contribution in [2.75, 3.05) is 44.4 Å². The van der Waals surface area contributed by atoms with Crippen LogP contribution in [0.2, 0.25) is 0 Å². The van der Waals surface area contributed by atoms with E-state index in [4.69, 9.17) is 19.6 Å². The van der Waals surface area contributed by atoms with Crippen LogP contribution < -0.4 is 19.1 Å². The molecule has 2 aliphatic rings. The van der Waals surface area contributed by atoms with Crippen molar-refractivity contribution in [2.24, 2.45) is 0 Å². The quantitative estimate of drug-likeness (QED) is 0.419. The minimum Gasteiger partial charge on any atom is -0.490 e. The summed E-state index contributed by atoms with van der Waals surface area (Å²) in [4.78, 5) is 28.3. The van der Waals surface area contributed by atoms with Gasteiger partial charge in [-0.3, -0.25) is 15.0 Å². The van der Waals surface area contributed by atoms with Gasteiger partial charge in [0, 0.05) is 24.2 Å². The molecule has 0 atom stereocenters. The van der Waals surface area contributed by atoms with Gasteiger partial charge in [-0.25, -0.2) is 4.39 Å². The standard InChI is InChI=1S/C29H36FN3O6/c1-6-37-22-14-18-15-33(28(31)24(18)25(30)27(22)38-7-2)16-21(34)17-12-19(29(3,4)5)26-20(13-17)32(10-11-39-26)9-8-23(35)36/h12-14,31H,6-11,15-16H2,1-5H3,(H,35,36). The summed E-state index contributed by atoms with van der Waals surface area (Å²) in [7, 11) is 0. The zero-order chi connectivity index (χ0) is 28.5. The Labute approximate surface area is 228 Å². The van der Waals surface area contributed by atoms with Gasteiger partial charge in [0.05, 0.1) is 44.0 Å². The lowest BCUT2D eigenvalue weighted by Crippen LogP contribution is -2.36. The van der Waals surface area contributed by atoms with Crippen molar-refractivity contribution in [3.63, 3.8) is 0 Å². The maximum atomic E-state index is 15.5. The zero-order valence-electron chi connectivity index (χ0n) is 23.1. The summed E-state index contributed by atoms with van der Waals surface area (Å²) in [6.45, 7) is 11.5. The van der Waals surface area contributed by atoms with E-state index in [-0.39, 0.29) is 60.2 Å². The zero-order valence-corrected chi connectivity index (χ0v) is 23.1. The smallest absolute Gasteiger partial charge is 0.305 e. The number of benzene rings is 2. The van der Waals surface area contributed by atoms with E-state index in [1.54, 1.807) is 26.0 Å². The van der Waals surface area contributed by atoms with Crippen molar-refractivity contribution in [3.05, 3.63) is 46.3 Å². The first kappa shape index (κ1) is 28.2. The van der Waals surface area contributed by atoms with Gasteiger partial charge in [-0.1, -0.05) is 20.8 Å². The number of amidine groups is 1. The van der Waals surface area contributed by atoms with E-state index in [1.807, 2.05) is 31.7 Å². The Kier molecular flexibility index (Phi) is 8.04. The van der Waals surface area contributed by atoms with Crippen molar-refractivity contribution in [2.45, 2.75) is 53.0 Å². The molecule has 2 aromatic carbocycles. The number of hydrogen-bond acceptors (Lipinski definition) is 7. The summed E-state index contributed by atoms with van der Waals surface area (Å²) in [5.41, 5.74) is 2.29. The molecular formula is C29H36FN3O6. The van der Waals surface area contributed by atoms with E-state index >= 15 is 4.39 Å². The molecule has 210 valence electrons. The molecule has 0 aliphatic carbocycles. The van der Waals surface area contributed by atoms with Crippen molar-refractivity contribution >= 4 is 23.3 Å². The van der Waals surface area contributed by atoms with Gasteiger partial charge in [-0.2, -0.15) is 0 Å². The number of ketones is 1. The number of nitrogens with zero attached hydrogens (tertiary/aromatic N) is 2. The molecule has 9 nitrogen and oxygen atoms in total. The van der Waals surface area contributed by atoms with E-state index in [9.17, 15) is 14.7 Å². The van der Waals surface area contributed by atoms with Gasteiger partial charge in [0.25, 0.3) is 0 Å². The summed E-state index contributed by atoms with van der Waals surface area (Å²) < 4.78 is 32.5. The number of aliphatic carboxylic acids is 1. The van der Waals surface area contributed by atoms with E-state index in [1.165, 1.54) is 4.90 Å². The van der Waals surface area contributed by atoms with Crippen LogP contribution in [0.25, 0.3) is 0 Å². The highest BCUT2D eigenvalue weighted by atomic mass is 19.1. The van der Waals surface area contributed by atoms with E-state index in [0.717, 1.165) is 5.56 Å². The molecule has 39 heavy (non-hydrogen) atoms. The third kappa shape index (κ3) is 5.65. The molecular weight excluding hydrogens is 505 g/mol. The number of carboxylic acid groups (broad SMARTS) is 1. The monoisotopic (exact) mass is 541 g/mol. The molecule has 2 N–H and O–H groups in total. The van der Waals surface area contributed by atoms with Crippen molar-refractivity contribution in [1.29, 1.82) is 5.41 Å². The maximum Gasteiger partial charge on any atom is 0.305 e. The number of anilines is 1. The molecule has 4 rings (SSSR count). The Bertz CT molecular complexity index is 1300. The fourth-order valence-corrected chi connectivity index (χ4v) is 4.98. The summed E-state index contributed by atoms with van der Waals surface area (Å²) in [6, 6.07) is 5.23. The number of hydrogen-bond donors (Lipinski definition) is 2. The maximum absolute atomic E-state index is 15.5. The van der Waals surface area contributed by atoms with Crippen LogP contribution in [-0.2, 0) is 16.8 Å². The second kappa shape index (κ2) is 11.1. The molecule has 0 aromatic heterocycles. The minimum atomic E-state index is -0.898. The average molecular weight is 542 g/mol.